The van der Waals surface area contributed by atoms with Crippen molar-refractivity contribution in [3.05, 3.63) is 48.0 Å². The third-order valence-corrected chi connectivity index (χ3v) is 10.1. The molecule has 2 unspecified atom stereocenters. The van der Waals surface area contributed by atoms with E-state index in [1.165, 1.54) is 77.0 Å². The van der Waals surface area contributed by atoms with E-state index in [2.05, 4.69) is 22.8 Å². The van der Waals surface area contributed by atoms with Crippen molar-refractivity contribution in [2.45, 2.75) is 147 Å². The van der Waals surface area contributed by atoms with Gasteiger partial charge in [-0.15, -0.1) is 0 Å². The number of unbranched alkanes of at least 4 members (excludes halogenated alkanes) is 14. The summed E-state index contributed by atoms with van der Waals surface area (Å²) in [7, 11) is 2.95. The van der Waals surface area contributed by atoms with Gasteiger partial charge in [-0.25, -0.2) is 9.36 Å². The number of ether oxygens (including phenoxy) is 3. The number of nitrogens with one attached hydrogen (secondary N) is 1. The molecule has 9 nitrogen and oxygen atoms in total. The first kappa shape index (κ1) is 43.4. The fourth-order valence-electron chi connectivity index (χ4n) is 5.87. The second-order valence-corrected chi connectivity index (χ2v) is 14.9. The lowest BCUT2D eigenvalue weighted by atomic mass is 9.82. The monoisotopic (exact) mass is 721 g/mol. The summed E-state index contributed by atoms with van der Waals surface area (Å²) < 4.78 is 38.5. The SMILES string of the molecule is [B][C@@H]1O[C@H](COC(=O)OCc2ccccc2)[C@H](OP(=O)(O)OC)C1C/C=C/CCCCNC(=S)CCCCCCCCCCCCCCC. The van der Waals surface area contributed by atoms with E-state index in [1.54, 1.807) is 0 Å². The average Bonchev–Trinajstić information content (AvgIpc) is 3.38. The second kappa shape index (κ2) is 27.0. The first-order valence-electron chi connectivity index (χ1n) is 18.5. The van der Waals surface area contributed by atoms with Gasteiger partial charge in [-0.3, -0.25) is 9.05 Å². The maximum absolute atomic E-state index is 12.3. The molecule has 276 valence electrons. The molecule has 1 aromatic rings. The lowest BCUT2D eigenvalue weighted by Crippen LogP contribution is -2.34. The number of allylic oxidation sites excluding steroid dienone is 2. The average molecular weight is 722 g/mol. The van der Waals surface area contributed by atoms with Crippen molar-refractivity contribution in [2.75, 3.05) is 20.3 Å². The summed E-state index contributed by atoms with van der Waals surface area (Å²) in [5, 5.41) is 3.39. The molecule has 5 atom stereocenters. The molecule has 1 heterocycles. The van der Waals surface area contributed by atoms with Crippen LogP contribution in [0.25, 0.3) is 0 Å². The van der Waals surface area contributed by atoms with Gasteiger partial charge in [-0.1, -0.05) is 139 Å². The van der Waals surface area contributed by atoms with E-state index >= 15 is 0 Å². The van der Waals surface area contributed by atoms with Crippen LogP contribution < -0.4 is 5.32 Å². The molecule has 0 bridgehead atoms. The first-order valence-corrected chi connectivity index (χ1v) is 20.4. The molecule has 2 rings (SSSR count). The fraction of sp³-hybridized carbons (Fsp3) is 0.730. The maximum atomic E-state index is 12.3. The summed E-state index contributed by atoms with van der Waals surface area (Å²) in [6.07, 6.45) is 23.2. The van der Waals surface area contributed by atoms with Crippen LogP contribution in [0.4, 0.5) is 4.79 Å². The minimum absolute atomic E-state index is 0.0514. The summed E-state index contributed by atoms with van der Waals surface area (Å²) in [4.78, 5) is 23.1. The first-order chi connectivity index (χ1) is 23.8. The highest BCUT2D eigenvalue weighted by molar-refractivity contribution is 7.80. The number of thiocarbonyl (C=S) groups is 1. The lowest BCUT2D eigenvalue weighted by molar-refractivity contribution is -0.0303. The summed E-state index contributed by atoms with van der Waals surface area (Å²) in [6, 6.07) is 8.41. The number of hydrogen-bond donors (Lipinski definition) is 2. The summed E-state index contributed by atoms with van der Waals surface area (Å²) in [6.45, 7) is 2.92. The number of benzene rings is 1. The van der Waals surface area contributed by atoms with Crippen molar-refractivity contribution >= 4 is 39.0 Å². The van der Waals surface area contributed by atoms with E-state index in [4.69, 9.17) is 38.8 Å². The zero-order valence-corrected chi connectivity index (χ0v) is 31.6. The van der Waals surface area contributed by atoms with Gasteiger partial charge in [0, 0.05) is 25.6 Å². The predicted molar refractivity (Wildman–Crippen MR) is 201 cm³/mol. The highest BCUT2D eigenvalue weighted by Gasteiger charge is 2.46. The van der Waals surface area contributed by atoms with E-state index in [9.17, 15) is 14.3 Å². The molecule has 1 aliphatic heterocycles. The zero-order chi connectivity index (χ0) is 35.6. The Hall–Kier alpha value is -1.75. The minimum atomic E-state index is -4.36. The standard InChI is InChI=1S/C37H61BNO8PS/c1-3-4-5-6-7-8-9-10-11-12-13-16-22-27-34(49)39-28-23-17-14-15-21-26-32-35(47-48(41,42)43-2)33(46-36(32)38)30-45-37(40)44-29-31-24-19-18-20-25-31/h15,18-21,24-25,32-33,35-36H,3-14,16-17,22-23,26-30H2,1-2H3,(H,39,49)(H,41,42)/b21-15+/t32?,33-,35-,36-/m1/s1. The molecule has 12 heteroatoms. The van der Waals surface area contributed by atoms with Crippen molar-refractivity contribution in [3.8, 4) is 0 Å². The summed E-state index contributed by atoms with van der Waals surface area (Å²) >= 11 is 5.52. The van der Waals surface area contributed by atoms with Crippen molar-refractivity contribution in [1.29, 1.82) is 0 Å². The molecular formula is C37H61BNO8PS. The Morgan fingerprint density at radius 3 is 2.20 bits per heavy atom. The van der Waals surface area contributed by atoms with E-state index in [-0.39, 0.29) is 13.2 Å². The Kier molecular flexibility index (Phi) is 23.9. The van der Waals surface area contributed by atoms with Gasteiger partial charge in [0.15, 0.2) is 0 Å². The zero-order valence-electron chi connectivity index (χ0n) is 29.9. The molecule has 49 heavy (non-hydrogen) atoms. The van der Waals surface area contributed by atoms with Gasteiger partial charge < -0.3 is 24.4 Å². The largest absolute Gasteiger partial charge is 0.508 e. The van der Waals surface area contributed by atoms with Crippen molar-refractivity contribution in [3.63, 3.8) is 0 Å². The van der Waals surface area contributed by atoms with Gasteiger partial charge in [0.25, 0.3) is 0 Å². The van der Waals surface area contributed by atoms with Crippen molar-refractivity contribution < 1.29 is 37.5 Å². The third kappa shape index (κ3) is 20.6. The molecule has 1 aromatic carbocycles. The summed E-state index contributed by atoms with van der Waals surface area (Å²) in [5.74, 6) is -0.454. The van der Waals surface area contributed by atoms with E-state index in [0.717, 1.165) is 56.3 Å². The molecule has 1 aliphatic rings. The second-order valence-electron chi connectivity index (χ2n) is 12.9. The van der Waals surface area contributed by atoms with Crippen LogP contribution in [0, 0.1) is 5.92 Å². The number of rotatable bonds is 28. The highest BCUT2D eigenvalue weighted by Crippen LogP contribution is 2.48. The van der Waals surface area contributed by atoms with Gasteiger partial charge in [-0.05, 0) is 44.1 Å². The van der Waals surface area contributed by atoms with Crippen LogP contribution in [0.3, 0.4) is 0 Å². The van der Waals surface area contributed by atoms with Crippen LogP contribution in [-0.4, -0.2) is 62.4 Å². The van der Waals surface area contributed by atoms with Crippen molar-refractivity contribution in [1.82, 2.24) is 5.32 Å². The Morgan fingerprint density at radius 2 is 1.57 bits per heavy atom. The van der Waals surface area contributed by atoms with Gasteiger partial charge in [-0.2, -0.15) is 0 Å². The van der Waals surface area contributed by atoms with Crippen LogP contribution in [0.1, 0.15) is 128 Å². The molecule has 1 saturated heterocycles. The number of hydrogen-bond acceptors (Lipinski definition) is 8. The van der Waals surface area contributed by atoms with Gasteiger partial charge in [0.05, 0.1) is 4.99 Å². The topological polar surface area (TPSA) is 113 Å². The van der Waals surface area contributed by atoms with Crippen LogP contribution >= 0.6 is 20.0 Å². The maximum Gasteiger partial charge on any atom is 0.508 e. The van der Waals surface area contributed by atoms with E-state index in [0.29, 0.717) is 6.42 Å². The molecule has 0 aliphatic carbocycles. The minimum Gasteiger partial charge on any atom is -0.431 e. The van der Waals surface area contributed by atoms with Gasteiger partial charge in [0.2, 0.25) is 0 Å². The Labute approximate surface area is 302 Å². The summed E-state index contributed by atoms with van der Waals surface area (Å²) in [5.41, 5.74) is 0.813. The molecule has 0 saturated carbocycles. The number of carbonyl (C=O) groups excluding carboxylic acids is 1. The molecule has 2 N–H and O–H groups in total. The Bertz CT molecular complexity index is 1100. The quantitative estimate of drug-likeness (QED) is 0.0217. The van der Waals surface area contributed by atoms with Crippen molar-refractivity contribution in [2.24, 2.45) is 5.92 Å². The van der Waals surface area contributed by atoms with E-state index in [1.807, 2.05) is 36.4 Å². The normalized spacial score (nSPS) is 20.3. The molecule has 0 spiro atoms. The van der Waals surface area contributed by atoms with Crippen LogP contribution in [-0.2, 0) is 34.4 Å². The van der Waals surface area contributed by atoms with Crippen LogP contribution in [0.5, 0.6) is 0 Å². The number of phosphoric acid groups is 1. The number of carbonyl (C=O) groups is 1. The predicted octanol–water partition coefficient (Wildman–Crippen LogP) is 9.50. The number of phosphoric ester groups is 1. The van der Waals surface area contributed by atoms with Crippen LogP contribution in [0.2, 0.25) is 0 Å². The van der Waals surface area contributed by atoms with E-state index < -0.39 is 38.1 Å². The lowest BCUT2D eigenvalue weighted by Gasteiger charge is -2.24. The molecule has 2 radical (unpaired) electrons. The fourth-order valence-corrected chi connectivity index (χ4v) is 6.81. The van der Waals surface area contributed by atoms with Gasteiger partial charge in [0.1, 0.15) is 33.3 Å². The molecule has 0 aromatic heterocycles. The van der Waals surface area contributed by atoms with Crippen LogP contribution in [0.15, 0.2) is 42.5 Å². The Morgan fingerprint density at radius 1 is 0.939 bits per heavy atom. The Balaban J connectivity index is 1.57. The smallest absolute Gasteiger partial charge is 0.431 e. The third-order valence-electron chi connectivity index (χ3n) is 8.79. The molecule has 0 amide bonds. The molecular weight excluding hydrogens is 660 g/mol. The molecule has 1 fully saturated rings. The highest BCUT2D eigenvalue weighted by atomic mass is 32.1. The van der Waals surface area contributed by atoms with Gasteiger partial charge >= 0.3 is 14.0 Å².